The van der Waals surface area contributed by atoms with Gasteiger partial charge in [-0.15, -0.1) is 0 Å². The van der Waals surface area contributed by atoms with Gasteiger partial charge in [-0.2, -0.15) is 0 Å². The zero-order valence-corrected chi connectivity index (χ0v) is 11.9. The molecule has 1 aromatic heterocycles. The van der Waals surface area contributed by atoms with E-state index in [1.54, 1.807) is 12.3 Å². The molecule has 0 amide bonds. The van der Waals surface area contributed by atoms with Crippen LogP contribution >= 0.6 is 15.9 Å². The normalized spacial score (nSPS) is 12.2. The van der Waals surface area contributed by atoms with Crippen molar-refractivity contribution in [2.45, 2.75) is 33.2 Å². The number of aromatic carboxylic acids is 1. The quantitative estimate of drug-likeness (QED) is 0.907. The van der Waals surface area contributed by atoms with Gasteiger partial charge in [0, 0.05) is 23.3 Å². The molecule has 1 rings (SSSR count). The first-order valence-electron chi connectivity index (χ1n) is 5.66. The van der Waals surface area contributed by atoms with E-state index < -0.39 is 5.97 Å². The molecule has 0 fully saturated rings. The van der Waals surface area contributed by atoms with Gasteiger partial charge in [-0.1, -0.05) is 6.92 Å². The minimum atomic E-state index is -0.949. The first-order valence-corrected chi connectivity index (χ1v) is 6.46. The number of carboxylic acids is 1. The summed E-state index contributed by atoms with van der Waals surface area (Å²) in [6.07, 6.45) is 2.58. The zero-order valence-electron chi connectivity index (χ0n) is 10.3. The number of pyridine rings is 1. The molecule has 1 unspecified atom stereocenters. The van der Waals surface area contributed by atoms with Crippen LogP contribution in [0.2, 0.25) is 0 Å². The Balaban J connectivity index is 3.23. The van der Waals surface area contributed by atoms with Crippen LogP contribution in [0.4, 0.5) is 5.82 Å². The maximum atomic E-state index is 11.2. The van der Waals surface area contributed by atoms with E-state index in [0.717, 1.165) is 13.0 Å². The van der Waals surface area contributed by atoms with Gasteiger partial charge in [0.25, 0.3) is 0 Å². The van der Waals surface area contributed by atoms with Crippen LogP contribution in [0.5, 0.6) is 0 Å². The topological polar surface area (TPSA) is 53.4 Å². The van der Waals surface area contributed by atoms with Gasteiger partial charge in [-0.25, -0.2) is 9.78 Å². The first-order chi connectivity index (χ1) is 8.01. The highest BCUT2D eigenvalue weighted by molar-refractivity contribution is 9.10. The highest BCUT2D eigenvalue weighted by atomic mass is 79.9. The Hall–Kier alpha value is -1.10. The maximum Gasteiger partial charge on any atom is 0.339 e. The molecule has 0 bridgehead atoms. The molecule has 1 atom stereocenters. The molecule has 0 saturated heterocycles. The fraction of sp³-hybridized carbons (Fsp3) is 0.500. The number of nitrogens with zero attached hydrogens (tertiary/aromatic N) is 2. The second-order valence-electron chi connectivity index (χ2n) is 3.87. The molecule has 5 heteroatoms. The fourth-order valence-corrected chi connectivity index (χ4v) is 2.04. The molecule has 94 valence electrons. The molecule has 1 heterocycles. The van der Waals surface area contributed by atoms with E-state index in [9.17, 15) is 9.90 Å². The second kappa shape index (κ2) is 6.00. The van der Waals surface area contributed by atoms with Crippen molar-refractivity contribution in [1.29, 1.82) is 0 Å². The van der Waals surface area contributed by atoms with Crippen molar-refractivity contribution >= 4 is 27.7 Å². The van der Waals surface area contributed by atoms with Gasteiger partial charge in [-0.3, -0.25) is 0 Å². The summed E-state index contributed by atoms with van der Waals surface area (Å²) in [5, 5.41) is 9.20. The van der Waals surface area contributed by atoms with Crippen molar-refractivity contribution in [3.05, 3.63) is 22.3 Å². The van der Waals surface area contributed by atoms with Gasteiger partial charge in [0.05, 0.1) is 0 Å². The largest absolute Gasteiger partial charge is 0.478 e. The van der Waals surface area contributed by atoms with E-state index in [1.807, 2.05) is 11.8 Å². The Morgan fingerprint density at radius 2 is 2.24 bits per heavy atom. The third-order valence-electron chi connectivity index (χ3n) is 2.80. The molecule has 4 nitrogen and oxygen atoms in total. The number of carbonyl (C=O) groups is 1. The summed E-state index contributed by atoms with van der Waals surface area (Å²) in [5.41, 5.74) is 0.238. The van der Waals surface area contributed by atoms with Gasteiger partial charge < -0.3 is 10.0 Å². The maximum absolute atomic E-state index is 11.2. The predicted molar refractivity (Wildman–Crippen MR) is 71.7 cm³/mol. The standard InChI is InChI=1S/C12H17BrN2O2/c1-4-8(3)15(5-2)11-10(12(16)17)6-9(13)7-14-11/h6-8H,4-5H2,1-3H3,(H,16,17). The average Bonchev–Trinajstić information content (AvgIpc) is 2.31. The second-order valence-corrected chi connectivity index (χ2v) is 4.79. The molecule has 0 saturated carbocycles. The molecular weight excluding hydrogens is 284 g/mol. The molecule has 0 radical (unpaired) electrons. The van der Waals surface area contributed by atoms with Crippen LogP contribution in [-0.4, -0.2) is 28.6 Å². The SMILES string of the molecule is CCC(C)N(CC)c1ncc(Br)cc1C(=O)O. The minimum Gasteiger partial charge on any atom is -0.478 e. The number of halogens is 1. The predicted octanol–water partition coefficient (Wildman–Crippen LogP) is 3.17. The highest BCUT2D eigenvalue weighted by Crippen LogP contribution is 2.24. The monoisotopic (exact) mass is 300 g/mol. The summed E-state index contributed by atoms with van der Waals surface area (Å²) in [6, 6.07) is 1.86. The van der Waals surface area contributed by atoms with Gasteiger partial charge in [-0.05, 0) is 42.3 Å². The van der Waals surface area contributed by atoms with Crippen LogP contribution in [0.3, 0.4) is 0 Å². The van der Waals surface area contributed by atoms with Gasteiger partial charge in [0.1, 0.15) is 11.4 Å². The number of carboxylic acid groups (broad SMARTS) is 1. The summed E-state index contributed by atoms with van der Waals surface area (Å²) in [4.78, 5) is 17.5. The van der Waals surface area contributed by atoms with Crippen LogP contribution in [0.1, 0.15) is 37.6 Å². The van der Waals surface area contributed by atoms with Gasteiger partial charge in [0.15, 0.2) is 0 Å². The third-order valence-corrected chi connectivity index (χ3v) is 3.23. The zero-order chi connectivity index (χ0) is 13.0. The Labute approximate surface area is 110 Å². The van der Waals surface area contributed by atoms with Crippen LogP contribution in [0.15, 0.2) is 16.7 Å². The Kier molecular flexibility index (Phi) is 4.93. The van der Waals surface area contributed by atoms with Crippen molar-refractivity contribution in [3.63, 3.8) is 0 Å². The van der Waals surface area contributed by atoms with Crippen LogP contribution in [0.25, 0.3) is 0 Å². The summed E-state index contributed by atoms with van der Waals surface area (Å²) in [5.74, 6) is -0.409. The molecule has 17 heavy (non-hydrogen) atoms. The molecule has 0 spiro atoms. The molecular formula is C12H17BrN2O2. The summed E-state index contributed by atoms with van der Waals surface area (Å²) in [7, 11) is 0. The molecule has 0 aliphatic heterocycles. The fourth-order valence-electron chi connectivity index (χ4n) is 1.71. The van der Waals surface area contributed by atoms with Crippen LogP contribution < -0.4 is 4.90 Å². The van der Waals surface area contributed by atoms with Gasteiger partial charge in [0.2, 0.25) is 0 Å². The van der Waals surface area contributed by atoms with Gasteiger partial charge >= 0.3 is 5.97 Å². The lowest BCUT2D eigenvalue weighted by atomic mass is 10.1. The number of hydrogen-bond donors (Lipinski definition) is 1. The van der Waals surface area contributed by atoms with E-state index in [4.69, 9.17) is 0 Å². The Morgan fingerprint density at radius 3 is 2.71 bits per heavy atom. The summed E-state index contributed by atoms with van der Waals surface area (Å²) < 4.78 is 0.679. The lowest BCUT2D eigenvalue weighted by Gasteiger charge is -2.29. The van der Waals surface area contributed by atoms with Crippen molar-refractivity contribution in [3.8, 4) is 0 Å². The van der Waals surface area contributed by atoms with E-state index >= 15 is 0 Å². The summed E-state index contributed by atoms with van der Waals surface area (Å²) >= 11 is 3.25. The third kappa shape index (κ3) is 3.19. The number of aromatic nitrogens is 1. The number of anilines is 1. The van der Waals surface area contributed by atoms with Crippen LogP contribution in [-0.2, 0) is 0 Å². The first kappa shape index (κ1) is 14.0. The molecule has 0 aliphatic carbocycles. The van der Waals surface area contributed by atoms with Crippen molar-refractivity contribution in [2.24, 2.45) is 0 Å². The average molecular weight is 301 g/mol. The number of hydrogen-bond acceptors (Lipinski definition) is 3. The van der Waals surface area contributed by atoms with E-state index in [1.165, 1.54) is 0 Å². The van der Waals surface area contributed by atoms with Crippen molar-refractivity contribution < 1.29 is 9.90 Å². The number of rotatable bonds is 5. The lowest BCUT2D eigenvalue weighted by molar-refractivity contribution is 0.0697. The van der Waals surface area contributed by atoms with Crippen molar-refractivity contribution in [2.75, 3.05) is 11.4 Å². The molecule has 1 N–H and O–H groups in total. The molecule has 1 aromatic rings. The van der Waals surface area contributed by atoms with Crippen molar-refractivity contribution in [1.82, 2.24) is 4.98 Å². The van der Waals surface area contributed by atoms with E-state index in [-0.39, 0.29) is 11.6 Å². The minimum absolute atomic E-state index is 0.238. The van der Waals surface area contributed by atoms with Crippen LogP contribution in [0, 0.1) is 0 Å². The highest BCUT2D eigenvalue weighted by Gasteiger charge is 2.20. The van der Waals surface area contributed by atoms with E-state index in [0.29, 0.717) is 10.3 Å². The molecule has 0 aromatic carbocycles. The Bertz CT molecular complexity index is 409. The van der Waals surface area contributed by atoms with E-state index in [2.05, 4.69) is 34.8 Å². The summed E-state index contributed by atoms with van der Waals surface area (Å²) in [6.45, 7) is 6.89. The smallest absolute Gasteiger partial charge is 0.339 e. The molecule has 0 aliphatic rings. The lowest BCUT2D eigenvalue weighted by Crippen LogP contribution is -2.34. The Morgan fingerprint density at radius 1 is 1.59 bits per heavy atom.